The Bertz CT molecular complexity index is 251. The number of likely N-dealkylation sites (N-methyl/N-ethyl adjacent to an activating group) is 1. The summed E-state index contributed by atoms with van der Waals surface area (Å²) in [7, 11) is 2.31. The van der Waals surface area contributed by atoms with Gasteiger partial charge < -0.3 is 38.3 Å². The summed E-state index contributed by atoms with van der Waals surface area (Å²) in [5, 5.41) is 10.3. The third kappa shape index (κ3) is 1.73. The van der Waals surface area contributed by atoms with Crippen molar-refractivity contribution in [3.63, 3.8) is 0 Å². The van der Waals surface area contributed by atoms with Gasteiger partial charge in [0.05, 0.1) is 26.2 Å². The third-order valence-corrected chi connectivity index (χ3v) is 4.62. The third-order valence-electron chi connectivity index (χ3n) is 4.62. The Morgan fingerprint density at radius 3 is 2.93 bits per heavy atom. The van der Waals surface area contributed by atoms with E-state index in [2.05, 4.69) is 7.05 Å². The van der Waals surface area contributed by atoms with Crippen molar-refractivity contribution < 1.29 is 38.3 Å². The molecule has 0 bridgehead atoms. The summed E-state index contributed by atoms with van der Waals surface area (Å²) in [6, 6.07) is 0.453. The highest BCUT2D eigenvalue weighted by Gasteiger charge is 2.55. The molecule has 4 heteroatoms. The fraction of sp³-hybridized carbons (Fsp3) is 1.00. The molecule has 3 aliphatic heterocycles. The maximum absolute atomic E-state index is 10.3. The zero-order valence-corrected chi connectivity index (χ0v) is 11.4. The van der Waals surface area contributed by atoms with Gasteiger partial charge in [0.25, 0.3) is 0 Å². The van der Waals surface area contributed by atoms with Crippen LogP contribution in [0.15, 0.2) is 0 Å². The molecule has 5 atom stereocenters. The number of nitrogens with zero attached hydrogens (tertiary/aromatic N) is 1. The van der Waals surface area contributed by atoms with Crippen LogP contribution >= 0.6 is 0 Å². The zero-order valence-electron chi connectivity index (χ0n) is 9.23. The second-order valence-electron chi connectivity index (χ2n) is 5.47. The molecule has 3 nitrogen and oxygen atoms in total. The summed E-state index contributed by atoms with van der Waals surface area (Å²) in [4.78, 5) is 0. The van der Waals surface area contributed by atoms with Gasteiger partial charge in [-0.15, -0.1) is 0 Å². The smallest absolute Gasteiger partial charge is 0.132 e. The molecule has 3 fully saturated rings. The van der Waals surface area contributed by atoms with Crippen LogP contribution in [-0.2, 0) is 4.74 Å². The van der Waals surface area contributed by atoms with Gasteiger partial charge in [0.15, 0.2) is 0 Å². The largest absolute Gasteiger partial charge is 1.00 e. The second-order valence-corrected chi connectivity index (χ2v) is 5.47. The molecule has 0 saturated carbocycles. The topological polar surface area (TPSA) is 29.5 Å². The molecule has 15 heavy (non-hydrogen) atoms. The Morgan fingerprint density at radius 1 is 1.33 bits per heavy atom. The molecule has 0 amide bonds. The fourth-order valence-electron chi connectivity index (χ4n) is 3.89. The minimum absolute atomic E-state index is 0. The molecule has 0 aliphatic carbocycles. The number of piperidine rings is 1. The molecule has 0 radical (unpaired) electrons. The predicted octanol–water partition coefficient (Wildman–Crippen LogP) is -2.62. The number of quaternary nitrogens is 1. The highest BCUT2D eigenvalue weighted by molar-refractivity contribution is 4.93. The number of aliphatic hydroxyl groups is 1. The Kier molecular flexibility index (Phi) is 3.32. The van der Waals surface area contributed by atoms with Crippen LogP contribution in [0.5, 0.6) is 0 Å². The number of hydrogen-bond donors (Lipinski definition) is 1. The highest BCUT2D eigenvalue weighted by atomic mass is 127. The lowest BCUT2D eigenvalue weighted by Gasteiger charge is -2.47. The zero-order chi connectivity index (χ0) is 9.76. The Labute approximate surface area is 108 Å². The summed E-state index contributed by atoms with van der Waals surface area (Å²) < 4.78 is 6.77. The summed E-state index contributed by atoms with van der Waals surface area (Å²) >= 11 is 0. The average Bonchev–Trinajstić information content (AvgIpc) is 2.70. The quantitative estimate of drug-likeness (QED) is 0.390. The van der Waals surface area contributed by atoms with E-state index in [0.29, 0.717) is 12.0 Å². The maximum Gasteiger partial charge on any atom is 0.132 e. The number of rotatable bonds is 0. The molecule has 0 aromatic heterocycles. The van der Waals surface area contributed by atoms with E-state index in [1.807, 2.05) is 0 Å². The molecule has 0 aromatic rings. The second kappa shape index (κ2) is 4.13. The van der Waals surface area contributed by atoms with E-state index < -0.39 is 0 Å². The number of ether oxygens (including phenoxy) is 1. The first-order valence-corrected chi connectivity index (χ1v) is 5.85. The fourth-order valence-corrected chi connectivity index (χ4v) is 3.89. The van der Waals surface area contributed by atoms with Crippen LogP contribution in [0.4, 0.5) is 0 Å². The first-order valence-electron chi connectivity index (χ1n) is 5.85. The van der Waals surface area contributed by atoms with E-state index in [4.69, 9.17) is 4.74 Å². The van der Waals surface area contributed by atoms with Crippen LogP contribution in [0.1, 0.15) is 19.3 Å². The minimum atomic E-state index is -0.205. The molecule has 0 unspecified atom stereocenters. The van der Waals surface area contributed by atoms with E-state index in [1.54, 1.807) is 0 Å². The first-order chi connectivity index (χ1) is 6.71. The molecule has 3 rings (SSSR count). The monoisotopic (exact) mass is 325 g/mol. The van der Waals surface area contributed by atoms with Crippen molar-refractivity contribution >= 4 is 0 Å². The minimum Gasteiger partial charge on any atom is -1.00 e. The van der Waals surface area contributed by atoms with Crippen LogP contribution < -0.4 is 24.0 Å². The molecular weight excluding hydrogens is 305 g/mol. The summed E-state index contributed by atoms with van der Waals surface area (Å²) in [5.41, 5.74) is 0. The van der Waals surface area contributed by atoms with Crippen LogP contribution in [0, 0.1) is 5.92 Å². The van der Waals surface area contributed by atoms with Gasteiger partial charge in [-0.2, -0.15) is 0 Å². The summed E-state index contributed by atoms with van der Waals surface area (Å²) in [6.07, 6.45) is 3.57. The van der Waals surface area contributed by atoms with Gasteiger partial charge in [-0.05, 0) is 6.42 Å². The molecule has 3 aliphatic rings. The van der Waals surface area contributed by atoms with Gasteiger partial charge >= 0.3 is 0 Å². The van der Waals surface area contributed by atoms with Crippen molar-refractivity contribution in [2.75, 3.05) is 26.7 Å². The lowest BCUT2D eigenvalue weighted by molar-refractivity contribution is -0.933. The van der Waals surface area contributed by atoms with Crippen molar-refractivity contribution in [3.05, 3.63) is 0 Å². The van der Waals surface area contributed by atoms with Crippen LogP contribution in [0.25, 0.3) is 0 Å². The van der Waals surface area contributed by atoms with Gasteiger partial charge in [0, 0.05) is 25.4 Å². The van der Waals surface area contributed by atoms with Crippen molar-refractivity contribution in [2.24, 2.45) is 5.92 Å². The molecular formula is C11H20INO2. The predicted molar refractivity (Wildman–Crippen MR) is 52.8 cm³/mol. The van der Waals surface area contributed by atoms with E-state index >= 15 is 0 Å². The first kappa shape index (κ1) is 12.1. The van der Waals surface area contributed by atoms with Gasteiger partial charge in [-0.25, -0.2) is 0 Å². The van der Waals surface area contributed by atoms with Gasteiger partial charge in [-0.1, -0.05) is 0 Å². The standard InChI is InChI=1S/C11H20NO2.HI/c1-12-5-2-3-9(12)10(13)11-8(7-12)4-6-14-11;/h8-11,13H,2-7H2,1H3;1H/q+1;/p-1/t8-,9-,10+,11-,12+;/m0./s1. The van der Waals surface area contributed by atoms with Crippen molar-refractivity contribution in [3.8, 4) is 0 Å². The number of halogens is 1. The molecule has 1 N–H and O–H groups in total. The van der Waals surface area contributed by atoms with Crippen molar-refractivity contribution in [2.45, 2.75) is 37.5 Å². The van der Waals surface area contributed by atoms with Crippen molar-refractivity contribution in [1.29, 1.82) is 0 Å². The molecule has 88 valence electrons. The number of aliphatic hydroxyl groups excluding tert-OH is 1. The van der Waals surface area contributed by atoms with Crippen LogP contribution in [-0.4, -0.2) is 54.6 Å². The van der Waals surface area contributed by atoms with Gasteiger partial charge in [-0.3, -0.25) is 0 Å². The molecule has 0 aromatic carbocycles. The van der Waals surface area contributed by atoms with Gasteiger partial charge in [0.2, 0.25) is 0 Å². The Morgan fingerprint density at radius 2 is 2.13 bits per heavy atom. The highest BCUT2D eigenvalue weighted by Crippen LogP contribution is 2.40. The lowest BCUT2D eigenvalue weighted by atomic mass is 9.86. The van der Waals surface area contributed by atoms with E-state index in [9.17, 15) is 5.11 Å². The van der Waals surface area contributed by atoms with Crippen molar-refractivity contribution in [1.82, 2.24) is 0 Å². The molecule has 3 saturated heterocycles. The van der Waals surface area contributed by atoms with Crippen LogP contribution in [0.3, 0.4) is 0 Å². The molecule has 0 spiro atoms. The Hall–Kier alpha value is 0.610. The number of hydrogen-bond acceptors (Lipinski definition) is 2. The SMILES string of the molecule is C[N@+]12CCC[C@H]1[C@@H](O)[C@H]1OCC[C@H]1C2.[I-]. The van der Waals surface area contributed by atoms with E-state index in [1.165, 1.54) is 25.9 Å². The molecule has 3 heterocycles. The van der Waals surface area contributed by atoms with Gasteiger partial charge in [0.1, 0.15) is 12.1 Å². The normalized spacial score (nSPS) is 53.2. The lowest BCUT2D eigenvalue weighted by Crippen LogP contribution is -3.00. The summed E-state index contributed by atoms with van der Waals surface area (Å²) in [6.45, 7) is 3.34. The maximum atomic E-state index is 10.3. The Balaban J connectivity index is 0.000000853. The average molecular weight is 325 g/mol. The van der Waals surface area contributed by atoms with E-state index in [0.717, 1.165) is 17.5 Å². The summed E-state index contributed by atoms with van der Waals surface area (Å²) in [5.74, 6) is 0.615. The van der Waals surface area contributed by atoms with E-state index in [-0.39, 0.29) is 36.2 Å². The number of fused-ring (bicyclic) bond motifs is 2. The van der Waals surface area contributed by atoms with Crippen LogP contribution in [0.2, 0.25) is 0 Å².